The van der Waals surface area contributed by atoms with Crippen molar-refractivity contribution < 1.29 is 9.18 Å². The monoisotopic (exact) mass is 359 g/mol. The Morgan fingerprint density at radius 1 is 1.15 bits per heavy atom. The van der Waals surface area contributed by atoms with Gasteiger partial charge in [0.15, 0.2) is 0 Å². The molecule has 5 rings (SSSR count). The lowest BCUT2D eigenvalue weighted by molar-refractivity contribution is -0.00945. The lowest BCUT2D eigenvalue weighted by atomic mass is 9.54. The predicted octanol–water partition coefficient (Wildman–Crippen LogP) is 3.55. The highest BCUT2D eigenvalue weighted by atomic mass is 19.1. The van der Waals surface area contributed by atoms with Gasteiger partial charge in [-0.05, 0) is 87.6 Å². The maximum Gasteiger partial charge on any atom is 0.315 e. The van der Waals surface area contributed by atoms with E-state index in [9.17, 15) is 9.18 Å². The summed E-state index contributed by atoms with van der Waals surface area (Å²) in [6.07, 6.45) is 6.59. The van der Waals surface area contributed by atoms with Crippen molar-refractivity contribution in [3.63, 3.8) is 0 Å². The first-order valence-electron chi connectivity index (χ1n) is 9.96. The molecule has 4 fully saturated rings. The van der Waals surface area contributed by atoms with Gasteiger partial charge in [0.05, 0.1) is 6.04 Å². The van der Waals surface area contributed by atoms with Crippen molar-refractivity contribution in [1.29, 1.82) is 0 Å². The summed E-state index contributed by atoms with van der Waals surface area (Å²) in [5.74, 6) is 2.91. The lowest BCUT2D eigenvalue weighted by Crippen LogP contribution is -2.57. The molecule has 1 unspecified atom stereocenters. The van der Waals surface area contributed by atoms with Crippen LogP contribution < -0.4 is 10.6 Å². The average molecular weight is 359 g/mol. The summed E-state index contributed by atoms with van der Waals surface area (Å²) in [6, 6.07) is 6.83. The summed E-state index contributed by atoms with van der Waals surface area (Å²) in [4.78, 5) is 14.6. The summed E-state index contributed by atoms with van der Waals surface area (Å²) < 4.78 is 13.5. The van der Waals surface area contributed by atoms with E-state index in [-0.39, 0.29) is 17.9 Å². The maximum absolute atomic E-state index is 13.5. The minimum atomic E-state index is -0.243. The maximum atomic E-state index is 13.5. The van der Waals surface area contributed by atoms with Crippen LogP contribution in [0.4, 0.5) is 9.18 Å². The Bertz CT molecular complexity index is 634. The molecule has 0 saturated heterocycles. The molecule has 4 aliphatic carbocycles. The quantitative estimate of drug-likeness (QED) is 0.844. The third kappa shape index (κ3) is 3.59. The number of nitrogens with one attached hydrogen (secondary N) is 2. The van der Waals surface area contributed by atoms with Gasteiger partial charge in [0, 0.05) is 12.6 Å². The SMILES string of the molecule is CN(C)C(CNC(=O)NC1C2CC3CC(C2)CC1C3)c1cccc(F)c1. The highest BCUT2D eigenvalue weighted by Gasteiger charge is 2.48. The molecule has 1 aromatic rings. The average Bonchev–Trinajstić information content (AvgIpc) is 2.57. The van der Waals surface area contributed by atoms with Gasteiger partial charge in [0.25, 0.3) is 0 Å². The Hall–Kier alpha value is -1.62. The van der Waals surface area contributed by atoms with Gasteiger partial charge in [-0.15, -0.1) is 0 Å². The van der Waals surface area contributed by atoms with Crippen molar-refractivity contribution in [3.05, 3.63) is 35.6 Å². The molecule has 4 aliphatic rings. The van der Waals surface area contributed by atoms with Crippen molar-refractivity contribution in [2.45, 2.75) is 44.2 Å². The fraction of sp³-hybridized carbons (Fsp3) is 0.667. The molecule has 142 valence electrons. The van der Waals surface area contributed by atoms with Crippen LogP contribution in [0.25, 0.3) is 0 Å². The Morgan fingerprint density at radius 2 is 1.81 bits per heavy atom. The van der Waals surface area contributed by atoms with Crippen molar-refractivity contribution in [2.24, 2.45) is 23.7 Å². The number of likely N-dealkylation sites (N-methyl/N-ethyl adjacent to an activating group) is 1. The second kappa shape index (κ2) is 7.18. The standard InChI is InChI=1S/C21H30FN3O/c1-25(2)19(15-4-3-5-18(22)11-15)12-23-21(26)24-20-16-7-13-6-14(9-16)10-17(20)8-13/h3-5,11,13-14,16-17,19-20H,6-10,12H2,1-2H3,(H2,23,24,26). The van der Waals surface area contributed by atoms with Gasteiger partial charge in [-0.25, -0.2) is 9.18 Å². The van der Waals surface area contributed by atoms with Gasteiger partial charge in [-0.2, -0.15) is 0 Å². The van der Waals surface area contributed by atoms with Gasteiger partial charge in [0.1, 0.15) is 5.82 Å². The van der Waals surface area contributed by atoms with E-state index in [1.54, 1.807) is 12.1 Å². The number of benzene rings is 1. The van der Waals surface area contributed by atoms with Crippen LogP contribution in [-0.4, -0.2) is 37.6 Å². The second-order valence-electron chi connectivity index (χ2n) is 8.85. The molecule has 4 bridgehead atoms. The highest BCUT2D eigenvalue weighted by molar-refractivity contribution is 5.74. The third-order valence-corrected chi connectivity index (χ3v) is 6.84. The number of halogens is 1. The lowest BCUT2D eigenvalue weighted by Gasteiger charge is -2.54. The van der Waals surface area contributed by atoms with Gasteiger partial charge in [-0.3, -0.25) is 0 Å². The molecule has 0 heterocycles. The van der Waals surface area contributed by atoms with E-state index in [1.165, 1.54) is 38.2 Å². The van der Waals surface area contributed by atoms with Crippen LogP contribution in [-0.2, 0) is 0 Å². The van der Waals surface area contributed by atoms with Crippen molar-refractivity contribution in [3.8, 4) is 0 Å². The number of urea groups is 1. The summed E-state index contributed by atoms with van der Waals surface area (Å²) in [5, 5.41) is 6.30. The van der Waals surface area contributed by atoms with Gasteiger partial charge in [-0.1, -0.05) is 12.1 Å². The van der Waals surface area contributed by atoms with Crippen LogP contribution in [0, 0.1) is 29.5 Å². The van der Waals surface area contributed by atoms with E-state index < -0.39 is 0 Å². The first-order chi connectivity index (χ1) is 12.5. The Labute approximate surface area is 155 Å². The van der Waals surface area contributed by atoms with Crippen LogP contribution in [0.2, 0.25) is 0 Å². The van der Waals surface area contributed by atoms with Crippen LogP contribution in [0.5, 0.6) is 0 Å². The van der Waals surface area contributed by atoms with Crippen molar-refractivity contribution >= 4 is 6.03 Å². The smallest absolute Gasteiger partial charge is 0.315 e. The molecule has 0 aromatic heterocycles. The van der Waals surface area contributed by atoms with Crippen molar-refractivity contribution in [1.82, 2.24) is 15.5 Å². The number of carbonyl (C=O) groups excluding carboxylic acids is 1. The third-order valence-electron chi connectivity index (χ3n) is 6.84. The summed E-state index contributed by atoms with van der Waals surface area (Å²) in [5.41, 5.74) is 0.880. The molecule has 4 nitrogen and oxygen atoms in total. The number of rotatable bonds is 5. The number of nitrogens with zero attached hydrogens (tertiary/aromatic N) is 1. The molecule has 0 radical (unpaired) electrons. The summed E-state index contributed by atoms with van der Waals surface area (Å²) >= 11 is 0. The minimum absolute atomic E-state index is 0.0463. The zero-order valence-corrected chi connectivity index (χ0v) is 15.7. The van der Waals surface area contributed by atoms with E-state index >= 15 is 0 Å². The first-order valence-corrected chi connectivity index (χ1v) is 9.96. The van der Waals surface area contributed by atoms with Gasteiger partial charge in [0.2, 0.25) is 0 Å². The Balaban J connectivity index is 1.34. The predicted molar refractivity (Wildman–Crippen MR) is 100 cm³/mol. The fourth-order valence-corrected chi connectivity index (χ4v) is 5.87. The highest BCUT2D eigenvalue weighted by Crippen LogP contribution is 2.53. The molecule has 5 heteroatoms. The molecule has 0 spiro atoms. The topological polar surface area (TPSA) is 44.4 Å². The molecular formula is C21H30FN3O. The molecule has 4 saturated carbocycles. The van der Waals surface area contributed by atoms with E-state index in [0.717, 1.165) is 17.4 Å². The van der Waals surface area contributed by atoms with Crippen LogP contribution >= 0.6 is 0 Å². The number of hydrogen-bond acceptors (Lipinski definition) is 2. The molecule has 1 aromatic carbocycles. The molecule has 1 atom stereocenters. The molecular weight excluding hydrogens is 329 g/mol. The van der Waals surface area contributed by atoms with Crippen LogP contribution in [0.1, 0.15) is 43.7 Å². The van der Waals surface area contributed by atoms with E-state index in [4.69, 9.17) is 0 Å². The van der Waals surface area contributed by atoms with Gasteiger partial charge >= 0.3 is 6.03 Å². The van der Waals surface area contributed by atoms with E-state index in [2.05, 4.69) is 10.6 Å². The van der Waals surface area contributed by atoms with Gasteiger partial charge < -0.3 is 15.5 Å². The Kier molecular flexibility index (Phi) is 4.91. The Morgan fingerprint density at radius 3 is 2.38 bits per heavy atom. The van der Waals surface area contributed by atoms with Crippen molar-refractivity contribution in [2.75, 3.05) is 20.6 Å². The first kappa shape index (κ1) is 17.8. The summed E-state index contributed by atoms with van der Waals surface area (Å²) in [6.45, 7) is 0.468. The van der Waals surface area contributed by atoms with Crippen LogP contribution in [0.3, 0.4) is 0 Å². The second-order valence-corrected chi connectivity index (χ2v) is 8.85. The van der Waals surface area contributed by atoms with E-state index in [1.807, 2.05) is 25.1 Å². The zero-order chi connectivity index (χ0) is 18.3. The fourth-order valence-electron chi connectivity index (χ4n) is 5.87. The number of carbonyl (C=O) groups is 1. The minimum Gasteiger partial charge on any atom is -0.336 e. The molecule has 26 heavy (non-hydrogen) atoms. The zero-order valence-electron chi connectivity index (χ0n) is 15.7. The van der Waals surface area contributed by atoms with E-state index in [0.29, 0.717) is 24.4 Å². The number of hydrogen-bond donors (Lipinski definition) is 2. The number of amides is 2. The molecule has 0 aliphatic heterocycles. The normalized spacial score (nSPS) is 33.3. The van der Waals surface area contributed by atoms with Crippen LogP contribution in [0.15, 0.2) is 24.3 Å². The summed E-state index contributed by atoms with van der Waals surface area (Å²) in [7, 11) is 3.90. The molecule has 2 amide bonds. The largest absolute Gasteiger partial charge is 0.336 e. The molecule has 2 N–H and O–H groups in total.